The summed E-state index contributed by atoms with van der Waals surface area (Å²) in [7, 11) is 0. The zero-order valence-electron chi connectivity index (χ0n) is 12.5. The molecule has 0 radical (unpaired) electrons. The number of hydrogen-bond acceptors (Lipinski definition) is 4. The smallest absolute Gasteiger partial charge is 0.208 e. The first-order valence-corrected chi connectivity index (χ1v) is 7.59. The zero-order chi connectivity index (χ0) is 14.5. The van der Waals surface area contributed by atoms with Crippen LogP contribution in [0.1, 0.15) is 23.6 Å². The molecule has 0 N–H and O–H groups in total. The van der Waals surface area contributed by atoms with Gasteiger partial charge in [0.1, 0.15) is 5.76 Å². The van der Waals surface area contributed by atoms with Crippen molar-refractivity contribution in [2.75, 3.05) is 19.7 Å². The van der Waals surface area contributed by atoms with Crippen molar-refractivity contribution in [3.63, 3.8) is 0 Å². The summed E-state index contributed by atoms with van der Waals surface area (Å²) in [6, 6.07) is 10.6. The van der Waals surface area contributed by atoms with Gasteiger partial charge in [-0.2, -0.15) is 0 Å². The van der Waals surface area contributed by atoms with Gasteiger partial charge in [-0.3, -0.25) is 4.90 Å². The van der Waals surface area contributed by atoms with Crippen LogP contribution in [0, 0.1) is 6.92 Å². The summed E-state index contributed by atoms with van der Waals surface area (Å²) >= 11 is 0. The molecule has 3 rings (SSSR count). The lowest BCUT2D eigenvalue weighted by molar-refractivity contribution is -0.0367. The van der Waals surface area contributed by atoms with Gasteiger partial charge in [0.2, 0.25) is 5.89 Å². The Bertz CT molecular complexity index is 553. The summed E-state index contributed by atoms with van der Waals surface area (Å²) in [6.45, 7) is 5.40. The Morgan fingerprint density at radius 2 is 2.14 bits per heavy atom. The highest BCUT2D eigenvalue weighted by atomic mass is 16.5. The third-order valence-electron chi connectivity index (χ3n) is 3.85. The Kier molecular flexibility index (Phi) is 4.68. The van der Waals surface area contributed by atoms with Gasteiger partial charge in [0.25, 0.3) is 0 Å². The van der Waals surface area contributed by atoms with Gasteiger partial charge < -0.3 is 9.15 Å². The highest BCUT2D eigenvalue weighted by Gasteiger charge is 2.21. The third-order valence-corrected chi connectivity index (χ3v) is 3.85. The van der Waals surface area contributed by atoms with Crippen LogP contribution in [-0.4, -0.2) is 35.7 Å². The van der Waals surface area contributed by atoms with E-state index >= 15 is 0 Å². The maximum absolute atomic E-state index is 5.88. The minimum absolute atomic E-state index is 0.301. The molecule has 4 nitrogen and oxygen atoms in total. The minimum Gasteiger partial charge on any atom is -0.445 e. The van der Waals surface area contributed by atoms with E-state index in [9.17, 15) is 0 Å². The first-order valence-electron chi connectivity index (χ1n) is 7.59. The topological polar surface area (TPSA) is 38.5 Å². The average Bonchev–Trinajstić information content (AvgIpc) is 2.92. The number of nitrogens with zero attached hydrogens (tertiary/aromatic N) is 2. The molecule has 0 spiro atoms. The SMILES string of the molecule is Cc1cnc(CN2CCO[C@H](CCc3ccccc3)C2)o1. The molecule has 0 saturated carbocycles. The van der Waals surface area contributed by atoms with E-state index < -0.39 is 0 Å². The summed E-state index contributed by atoms with van der Waals surface area (Å²) in [5.41, 5.74) is 1.38. The monoisotopic (exact) mass is 286 g/mol. The van der Waals surface area contributed by atoms with Crippen molar-refractivity contribution in [3.8, 4) is 0 Å². The van der Waals surface area contributed by atoms with Gasteiger partial charge in [0, 0.05) is 13.1 Å². The maximum Gasteiger partial charge on any atom is 0.208 e. The van der Waals surface area contributed by atoms with E-state index in [1.807, 2.05) is 6.92 Å². The molecule has 4 heteroatoms. The molecule has 1 aromatic carbocycles. The Morgan fingerprint density at radius 3 is 2.90 bits per heavy atom. The Hall–Kier alpha value is -1.65. The predicted molar refractivity (Wildman–Crippen MR) is 81.0 cm³/mol. The Morgan fingerprint density at radius 1 is 1.29 bits per heavy atom. The standard InChI is InChI=1S/C17H22N2O2/c1-14-11-18-17(21-14)13-19-9-10-20-16(12-19)8-7-15-5-3-2-4-6-15/h2-6,11,16H,7-10,12-13H2,1H3/t16-/m1/s1. The normalized spacial score (nSPS) is 19.8. The molecule has 1 aliphatic heterocycles. The van der Waals surface area contributed by atoms with Crippen molar-refractivity contribution in [1.82, 2.24) is 9.88 Å². The predicted octanol–water partition coefficient (Wildman–Crippen LogP) is 2.82. The maximum atomic E-state index is 5.88. The lowest BCUT2D eigenvalue weighted by Gasteiger charge is -2.32. The Labute approximate surface area is 125 Å². The molecular weight excluding hydrogens is 264 g/mol. The first-order chi connectivity index (χ1) is 10.3. The van der Waals surface area contributed by atoms with E-state index in [-0.39, 0.29) is 0 Å². The van der Waals surface area contributed by atoms with E-state index in [0.717, 1.165) is 50.7 Å². The van der Waals surface area contributed by atoms with E-state index in [0.29, 0.717) is 6.10 Å². The average molecular weight is 286 g/mol. The second-order valence-corrected chi connectivity index (χ2v) is 5.62. The molecule has 21 heavy (non-hydrogen) atoms. The fraction of sp³-hybridized carbons (Fsp3) is 0.471. The number of aryl methyl sites for hydroxylation is 2. The minimum atomic E-state index is 0.301. The lowest BCUT2D eigenvalue weighted by atomic mass is 10.1. The highest BCUT2D eigenvalue weighted by molar-refractivity contribution is 5.14. The molecule has 0 aliphatic carbocycles. The summed E-state index contributed by atoms with van der Waals surface area (Å²) < 4.78 is 11.4. The quantitative estimate of drug-likeness (QED) is 0.847. The van der Waals surface area contributed by atoms with Crippen LogP contribution < -0.4 is 0 Å². The second kappa shape index (κ2) is 6.87. The zero-order valence-corrected chi connectivity index (χ0v) is 12.5. The molecule has 112 valence electrons. The molecule has 2 heterocycles. The van der Waals surface area contributed by atoms with Crippen LogP contribution in [0.5, 0.6) is 0 Å². The number of morpholine rings is 1. The number of benzene rings is 1. The molecular formula is C17H22N2O2. The van der Waals surface area contributed by atoms with Crippen LogP contribution in [0.4, 0.5) is 0 Å². The van der Waals surface area contributed by atoms with Crippen LogP contribution in [0.3, 0.4) is 0 Å². The molecule has 1 fully saturated rings. The number of hydrogen-bond donors (Lipinski definition) is 0. The van der Waals surface area contributed by atoms with Gasteiger partial charge in [0.15, 0.2) is 0 Å². The van der Waals surface area contributed by atoms with Crippen LogP contribution in [0.15, 0.2) is 40.9 Å². The van der Waals surface area contributed by atoms with Crippen molar-refractivity contribution in [1.29, 1.82) is 0 Å². The van der Waals surface area contributed by atoms with Crippen molar-refractivity contribution in [3.05, 3.63) is 53.7 Å². The molecule has 1 aliphatic rings. The fourth-order valence-electron chi connectivity index (χ4n) is 2.74. The van der Waals surface area contributed by atoms with Gasteiger partial charge in [-0.05, 0) is 25.3 Å². The third kappa shape index (κ3) is 4.16. The highest BCUT2D eigenvalue weighted by Crippen LogP contribution is 2.15. The van der Waals surface area contributed by atoms with Crippen molar-refractivity contribution >= 4 is 0 Å². The molecule has 0 amide bonds. The molecule has 1 saturated heterocycles. The van der Waals surface area contributed by atoms with E-state index in [1.165, 1.54) is 5.56 Å². The summed E-state index contributed by atoms with van der Waals surface area (Å²) in [5.74, 6) is 1.68. The van der Waals surface area contributed by atoms with Crippen molar-refractivity contribution in [2.24, 2.45) is 0 Å². The van der Waals surface area contributed by atoms with Gasteiger partial charge in [-0.25, -0.2) is 4.98 Å². The fourth-order valence-corrected chi connectivity index (χ4v) is 2.74. The van der Waals surface area contributed by atoms with Crippen LogP contribution in [0.25, 0.3) is 0 Å². The number of ether oxygens (including phenoxy) is 1. The summed E-state index contributed by atoms with van der Waals surface area (Å²) in [5, 5.41) is 0. The van der Waals surface area contributed by atoms with Crippen LogP contribution in [0.2, 0.25) is 0 Å². The van der Waals surface area contributed by atoms with Crippen molar-refractivity contribution in [2.45, 2.75) is 32.4 Å². The number of oxazole rings is 1. The van der Waals surface area contributed by atoms with E-state index in [4.69, 9.17) is 9.15 Å². The van der Waals surface area contributed by atoms with Gasteiger partial charge >= 0.3 is 0 Å². The second-order valence-electron chi connectivity index (χ2n) is 5.62. The molecule has 1 aromatic heterocycles. The van der Waals surface area contributed by atoms with Crippen molar-refractivity contribution < 1.29 is 9.15 Å². The van der Waals surface area contributed by atoms with Gasteiger partial charge in [-0.1, -0.05) is 30.3 Å². The largest absolute Gasteiger partial charge is 0.445 e. The molecule has 1 atom stereocenters. The van der Waals surface area contributed by atoms with Gasteiger partial charge in [0.05, 0.1) is 25.5 Å². The Balaban J connectivity index is 1.49. The molecule has 0 bridgehead atoms. The molecule has 2 aromatic rings. The van der Waals surface area contributed by atoms with E-state index in [1.54, 1.807) is 6.20 Å². The van der Waals surface area contributed by atoms with E-state index in [2.05, 4.69) is 40.2 Å². The summed E-state index contributed by atoms with van der Waals surface area (Å²) in [4.78, 5) is 6.64. The summed E-state index contributed by atoms with van der Waals surface area (Å²) in [6.07, 6.45) is 4.21. The number of aromatic nitrogens is 1. The van der Waals surface area contributed by atoms with Gasteiger partial charge in [-0.15, -0.1) is 0 Å². The van der Waals surface area contributed by atoms with Crippen LogP contribution >= 0.6 is 0 Å². The lowest BCUT2D eigenvalue weighted by Crippen LogP contribution is -2.42. The number of rotatable bonds is 5. The first kappa shape index (κ1) is 14.3. The van der Waals surface area contributed by atoms with Crippen LogP contribution in [-0.2, 0) is 17.7 Å². The molecule has 0 unspecified atom stereocenters.